The molecule has 0 aliphatic heterocycles. The number of hydrogen-bond acceptors (Lipinski definition) is 6. The minimum atomic E-state index is -3.36. The Morgan fingerprint density at radius 1 is 1.07 bits per heavy atom. The zero-order valence-corrected chi connectivity index (χ0v) is 16.4. The molecular formula is C18H18N4O3S2. The van der Waals surface area contributed by atoms with Crippen molar-refractivity contribution in [3.05, 3.63) is 60.2 Å². The molecule has 0 aliphatic rings. The van der Waals surface area contributed by atoms with Gasteiger partial charge in [-0.05, 0) is 31.2 Å². The van der Waals surface area contributed by atoms with Crippen LogP contribution in [-0.2, 0) is 10.0 Å². The van der Waals surface area contributed by atoms with Crippen LogP contribution in [0.1, 0.15) is 17.3 Å². The van der Waals surface area contributed by atoms with Gasteiger partial charge in [-0.3, -0.25) is 14.4 Å². The van der Waals surface area contributed by atoms with Crippen LogP contribution in [0.15, 0.2) is 54.6 Å². The zero-order chi connectivity index (χ0) is 19.4. The van der Waals surface area contributed by atoms with Gasteiger partial charge in [0.1, 0.15) is 5.01 Å². The van der Waals surface area contributed by atoms with Gasteiger partial charge >= 0.3 is 0 Å². The lowest BCUT2D eigenvalue weighted by Crippen LogP contribution is -2.29. The molecule has 0 unspecified atom stereocenters. The summed E-state index contributed by atoms with van der Waals surface area (Å²) in [4.78, 5) is 12.4. The molecule has 0 radical (unpaired) electrons. The normalized spacial score (nSPS) is 11.2. The predicted molar refractivity (Wildman–Crippen MR) is 108 cm³/mol. The second-order valence-electron chi connectivity index (χ2n) is 5.71. The zero-order valence-electron chi connectivity index (χ0n) is 14.8. The summed E-state index contributed by atoms with van der Waals surface area (Å²) >= 11 is 1.28. The van der Waals surface area contributed by atoms with Crippen molar-refractivity contribution in [2.24, 2.45) is 0 Å². The maximum atomic E-state index is 12.4. The van der Waals surface area contributed by atoms with Gasteiger partial charge in [0.05, 0.1) is 11.9 Å². The molecule has 2 aromatic carbocycles. The van der Waals surface area contributed by atoms with E-state index >= 15 is 0 Å². The third kappa shape index (κ3) is 4.50. The van der Waals surface area contributed by atoms with Crippen molar-refractivity contribution in [3.8, 4) is 10.6 Å². The molecule has 0 saturated heterocycles. The Hall–Kier alpha value is -2.78. The summed E-state index contributed by atoms with van der Waals surface area (Å²) in [6.45, 7) is 2.07. The molecular weight excluding hydrogens is 384 g/mol. The molecule has 1 N–H and O–H groups in total. The number of amides is 1. The molecule has 7 nitrogen and oxygen atoms in total. The molecule has 3 aromatic rings. The Morgan fingerprint density at radius 2 is 1.74 bits per heavy atom. The molecule has 1 heterocycles. The molecule has 3 rings (SSSR count). The van der Waals surface area contributed by atoms with Crippen molar-refractivity contribution in [1.82, 2.24) is 10.2 Å². The molecule has 9 heteroatoms. The van der Waals surface area contributed by atoms with Gasteiger partial charge in [-0.1, -0.05) is 41.7 Å². The number of rotatable bonds is 6. The van der Waals surface area contributed by atoms with E-state index in [9.17, 15) is 13.2 Å². The van der Waals surface area contributed by atoms with Crippen molar-refractivity contribution >= 4 is 38.1 Å². The van der Waals surface area contributed by atoms with Crippen LogP contribution in [0.4, 0.5) is 10.8 Å². The number of benzene rings is 2. The topological polar surface area (TPSA) is 92.3 Å². The van der Waals surface area contributed by atoms with Crippen LogP contribution in [-0.4, -0.2) is 37.3 Å². The van der Waals surface area contributed by atoms with Crippen LogP contribution in [0, 0.1) is 0 Å². The van der Waals surface area contributed by atoms with Gasteiger partial charge in [0.2, 0.25) is 15.2 Å². The molecule has 0 fully saturated rings. The fourth-order valence-electron chi connectivity index (χ4n) is 2.53. The summed E-state index contributed by atoms with van der Waals surface area (Å²) in [5, 5.41) is 11.9. The molecule has 0 saturated carbocycles. The van der Waals surface area contributed by atoms with E-state index in [0.29, 0.717) is 27.9 Å². The smallest absolute Gasteiger partial charge is 0.257 e. The number of nitrogens with zero attached hydrogens (tertiary/aromatic N) is 3. The van der Waals surface area contributed by atoms with E-state index in [1.54, 1.807) is 31.2 Å². The number of anilines is 2. The summed E-state index contributed by atoms with van der Waals surface area (Å²) in [7, 11) is -3.36. The fourth-order valence-corrected chi connectivity index (χ4v) is 4.25. The molecule has 1 aromatic heterocycles. The second-order valence-corrected chi connectivity index (χ2v) is 8.59. The molecule has 0 spiro atoms. The third-order valence-electron chi connectivity index (χ3n) is 3.77. The molecule has 1 amide bonds. The van der Waals surface area contributed by atoms with E-state index < -0.39 is 10.0 Å². The highest BCUT2D eigenvalue weighted by atomic mass is 32.2. The Bertz CT molecular complexity index is 1030. The maximum absolute atomic E-state index is 12.4. The van der Waals surface area contributed by atoms with E-state index in [4.69, 9.17) is 0 Å². The van der Waals surface area contributed by atoms with Crippen molar-refractivity contribution in [2.75, 3.05) is 22.4 Å². The first-order chi connectivity index (χ1) is 12.9. The lowest BCUT2D eigenvalue weighted by Gasteiger charge is -2.20. The fraction of sp³-hybridized carbons (Fsp3) is 0.167. The van der Waals surface area contributed by atoms with Crippen LogP contribution < -0.4 is 9.62 Å². The predicted octanol–water partition coefficient (Wildman–Crippen LogP) is 3.24. The SMILES string of the molecule is CCN(c1ccc(C(=O)Nc2nnc(-c3ccccc3)s2)cc1)S(C)(=O)=O. The van der Waals surface area contributed by atoms with E-state index in [-0.39, 0.29) is 5.91 Å². The summed E-state index contributed by atoms with van der Waals surface area (Å²) in [6, 6.07) is 16.0. The Morgan fingerprint density at radius 3 is 2.33 bits per heavy atom. The first-order valence-corrected chi connectivity index (χ1v) is 10.8. The van der Waals surface area contributed by atoms with Crippen molar-refractivity contribution in [2.45, 2.75) is 6.92 Å². The average molecular weight is 403 g/mol. The van der Waals surface area contributed by atoms with Gasteiger partial charge in [-0.2, -0.15) is 0 Å². The molecule has 27 heavy (non-hydrogen) atoms. The van der Waals surface area contributed by atoms with Gasteiger partial charge in [0, 0.05) is 17.7 Å². The number of carbonyl (C=O) groups is 1. The Kier molecular flexibility index (Phi) is 5.52. The van der Waals surface area contributed by atoms with Gasteiger partial charge in [-0.15, -0.1) is 10.2 Å². The highest BCUT2D eigenvalue weighted by molar-refractivity contribution is 7.92. The number of nitrogens with one attached hydrogen (secondary N) is 1. The molecule has 0 bridgehead atoms. The first-order valence-electron chi connectivity index (χ1n) is 8.16. The van der Waals surface area contributed by atoms with Crippen LogP contribution in [0.2, 0.25) is 0 Å². The minimum Gasteiger partial charge on any atom is -0.296 e. The minimum absolute atomic E-state index is 0.317. The van der Waals surface area contributed by atoms with E-state index in [1.165, 1.54) is 15.6 Å². The van der Waals surface area contributed by atoms with Crippen LogP contribution in [0.3, 0.4) is 0 Å². The number of hydrogen-bond donors (Lipinski definition) is 1. The quantitative estimate of drug-likeness (QED) is 0.683. The lowest BCUT2D eigenvalue weighted by atomic mass is 10.2. The average Bonchev–Trinajstić information content (AvgIpc) is 3.11. The third-order valence-corrected chi connectivity index (χ3v) is 5.93. The maximum Gasteiger partial charge on any atom is 0.257 e. The van der Waals surface area contributed by atoms with E-state index in [0.717, 1.165) is 11.8 Å². The molecule has 0 atom stereocenters. The van der Waals surface area contributed by atoms with Gasteiger partial charge in [0.25, 0.3) is 5.91 Å². The van der Waals surface area contributed by atoms with Crippen LogP contribution in [0.5, 0.6) is 0 Å². The number of carbonyl (C=O) groups excluding carboxylic acids is 1. The second kappa shape index (κ2) is 7.85. The van der Waals surface area contributed by atoms with Crippen molar-refractivity contribution < 1.29 is 13.2 Å². The van der Waals surface area contributed by atoms with Gasteiger partial charge in [0.15, 0.2) is 0 Å². The van der Waals surface area contributed by atoms with Crippen LogP contribution in [0.25, 0.3) is 10.6 Å². The summed E-state index contributed by atoms with van der Waals surface area (Å²) in [5.41, 5.74) is 1.85. The summed E-state index contributed by atoms with van der Waals surface area (Å²) < 4.78 is 24.8. The van der Waals surface area contributed by atoms with Crippen molar-refractivity contribution in [1.29, 1.82) is 0 Å². The molecule has 140 valence electrons. The number of aromatic nitrogens is 2. The van der Waals surface area contributed by atoms with Gasteiger partial charge < -0.3 is 0 Å². The highest BCUT2D eigenvalue weighted by Gasteiger charge is 2.16. The highest BCUT2D eigenvalue weighted by Crippen LogP contribution is 2.26. The first kappa shape index (κ1) is 19.0. The molecule has 0 aliphatic carbocycles. The lowest BCUT2D eigenvalue weighted by molar-refractivity contribution is 0.102. The summed E-state index contributed by atoms with van der Waals surface area (Å²) in [6.07, 6.45) is 1.15. The van der Waals surface area contributed by atoms with E-state index in [1.807, 2.05) is 30.3 Å². The monoisotopic (exact) mass is 402 g/mol. The standard InChI is InChI=1S/C18H18N4O3S2/c1-3-22(27(2,24)25)15-11-9-13(10-12-15)16(23)19-18-21-20-17(26-18)14-7-5-4-6-8-14/h4-12H,3H2,1-2H3,(H,19,21,23). The Balaban J connectivity index is 1.73. The van der Waals surface area contributed by atoms with E-state index in [2.05, 4.69) is 15.5 Å². The van der Waals surface area contributed by atoms with Crippen LogP contribution >= 0.6 is 11.3 Å². The van der Waals surface area contributed by atoms with Gasteiger partial charge in [-0.25, -0.2) is 8.42 Å². The Labute approximate surface area is 161 Å². The summed E-state index contributed by atoms with van der Waals surface area (Å²) in [5.74, 6) is -0.334. The largest absolute Gasteiger partial charge is 0.296 e. The number of sulfonamides is 1. The van der Waals surface area contributed by atoms with Crippen molar-refractivity contribution in [3.63, 3.8) is 0 Å².